The minimum Gasteiger partial charge on any atom is -0.508 e. The number of benzene rings is 2. The zero-order valence-electron chi connectivity index (χ0n) is 10.6. The summed E-state index contributed by atoms with van der Waals surface area (Å²) in [5, 5.41) is 18.1. The predicted molar refractivity (Wildman–Crippen MR) is 79.2 cm³/mol. The van der Waals surface area contributed by atoms with Crippen LogP contribution in [0.1, 0.15) is 0 Å². The Morgan fingerprint density at radius 1 is 1.05 bits per heavy atom. The van der Waals surface area contributed by atoms with Crippen molar-refractivity contribution in [1.29, 1.82) is 0 Å². The van der Waals surface area contributed by atoms with Gasteiger partial charge in [0.15, 0.2) is 5.43 Å². The van der Waals surface area contributed by atoms with Crippen LogP contribution in [-0.4, -0.2) is 10.4 Å². The number of hydrogen-bond donors (Lipinski definition) is 2. The first-order valence-corrected chi connectivity index (χ1v) is 6.77. The molecular formula is C15H10O5S. The molecule has 3 rings (SSSR count). The number of phenols is 1. The molecule has 0 unspecified atom stereocenters. The van der Waals surface area contributed by atoms with E-state index < -0.39 is 0 Å². The minimum atomic E-state index is -0.195. The molecule has 0 fully saturated rings. The topological polar surface area (TPSA) is 79.9 Å². The van der Waals surface area contributed by atoms with Crippen LogP contribution in [-0.2, 0) is 4.33 Å². The van der Waals surface area contributed by atoms with Gasteiger partial charge in [-0.2, -0.15) is 4.33 Å². The second-order valence-corrected chi connectivity index (χ2v) is 5.12. The van der Waals surface area contributed by atoms with Crippen molar-refractivity contribution < 1.29 is 19.1 Å². The molecule has 0 aliphatic heterocycles. The fourth-order valence-corrected chi connectivity index (χ4v) is 2.37. The van der Waals surface area contributed by atoms with Gasteiger partial charge in [0.2, 0.25) is 0 Å². The molecule has 1 heterocycles. The van der Waals surface area contributed by atoms with E-state index >= 15 is 0 Å². The Bertz CT molecular complexity index is 839. The van der Waals surface area contributed by atoms with Crippen LogP contribution in [0.4, 0.5) is 0 Å². The number of phenolic OH excluding ortho intramolecular Hbond substituents is 1. The molecule has 0 aliphatic carbocycles. The Morgan fingerprint density at radius 2 is 1.81 bits per heavy atom. The van der Waals surface area contributed by atoms with Crippen LogP contribution in [0.25, 0.3) is 22.3 Å². The molecule has 0 aliphatic rings. The van der Waals surface area contributed by atoms with Crippen LogP contribution in [0.15, 0.2) is 62.6 Å². The largest absolute Gasteiger partial charge is 0.508 e. The summed E-state index contributed by atoms with van der Waals surface area (Å²) in [7, 11) is 0. The van der Waals surface area contributed by atoms with Gasteiger partial charge < -0.3 is 9.52 Å². The van der Waals surface area contributed by atoms with Gasteiger partial charge in [-0.25, -0.2) is 5.26 Å². The molecule has 0 saturated carbocycles. The van der Waals surface area contributed by atoms with E-state index in [-0.39, 0.29) is 11.2 Å². The molecule has 2 N–H and O–H groups in total. The zero-order valence-corrected chi connectivity index (χ0v) is 11.5. The SMILES string of the molecule is O=c1cc(-c2ccc(O)cc2)oc2ccc(SOO)cc12. The Balaban J connectivity index is 2.13. The Labute approximate surface area is 123 Å². The molecule has 0 amide bonds. The normalized spacial score (nSPS) is 10.9. The van der Waals surface area contributed by atoms with Crippen molar-refractivity contribution in [3.63, 3.8) is 0 Å². The van der Waals surface area contributed by atoms with E-state index in [0.717, 1.165) is 12.0 Å². The van der Waals surface area contributed by atoms with E-state index in [1.54, 1.807) is 30.3 Å². The van der Waals surface area contributed by atoms with E-state index in [4.69, 9.17) is 9.67 Å². The van der Waals surface area contributed by atoms with E-state index in [0.29, 0.717) is 27.2 Å². The summed E-state index contributed by atoms with van der Waals surface area (Å²) in [6, 6.07) is 12.7. The van der Waals surface area contributed by atoms with Gasteiger partial charge in [0.05, 0.1) is 17.4 Å². The van der Waals surface area contributed by atoms with E-state index in [9.17, 15) is 9.90 Å². The maximum atomic E-state index is 12.2. The van der Waals surface area contributed by atoms with Gasteiger partial charge in [-0.15, -0.1) is 0 Å². The summed E-state index contributed by atoms with van der Waals surface area (Å²) >= 11 is 0.748. The van der Waals surface area contributed by atoms with Gasteiger partial charge in [0.25, 0.3) is 0 Å². The monoisotopic (exact) mass is 302 g/mol. The van der Waals surface area contributed by atoms with Crippen molar-refractivity contribution in [3.8, 4) is 17.1 Å². The van der Waals surface area contributed by atoms with Crippen LogP contribution in [0.5, 0.6) is 5.75 Å². The summed E-state index contributed by atoms with van der Waals surface area (Å²) in [6.07, 6.45) is 0. The molecule has 21 heavy (non-hydrogen) atoms. The molecule has 106 valence electrons. The van der Waals surface area contributed by atoms with Gasteiger partial charge in [-0.3, -0.25) is 4.79 Å². The van der Waals surface area contributed by atoms with Crippen molar-refractivity contribution >= 4 is 23.0 Å². The molecule has 0 bridgehead atoms. The molecule has 0 radical (unpaired) electrons. The van der Waals surface area contributed by atoms with E-state index in [2.05, 4.69) is 4.33 Å². The number of fused-ring (bicyclic) bond motifs is 1. The van der Waals surface area contributed by atoms with Crippen molar-refractivity contribution in [1.82, 2.24) is 0 Å². The molecule has 0 spiro atoms. The highest BCUT2D eigenvalue weighted by molar-refractivity contribution is 7.94. The molecule has 2 aromatic carbocycles. The Kier molecular flexibility index (Phi) is 3.66. The number of hydrogen-bond acceptors (Lipinski definition) is 6. The van der Waals surface area contributed by atoms with Crippen LogP contribution >= 0.6 is 12.0 Å². The molecular weight excluding hydrogens is 292 g/mol. The highest BCUT2D eigenvalue weighted by Gasteiger charge is 2.08. The molecule has 1 aromatic heterocycles. The maximum Gasteiger partial charge on any atom is 0.193 e. The highest BCUT2D eigenvalue weighted by Crippen LogP contribution is 2.26. The second kappa shape index (κ2) is 5.61. The van der Waals surface area contributed by atoms with Gasteiger partial charge >= 0.3 is 0 Å². The predicted octanol–water partition coefficient (Wildman–Crippen LogP) is 3.66. The first-order chi connectivity index (χ1) is 10.2. The van der Waals surface area contributed by atoms with Gasteiger partial charge in [-0.05, 0) is 42.5 Å². The van der Waals surface area contributed by atoms with Crippen molar-refractivity contribution in [2.75, 3.05) is 0 Å². The quantitative estimate of drug-likeness (QED) is 0.436. The zero-order chi connectivity index (χ0) is 14.8. The number of rotatable bonds is 3. The van der Waals surface area contributed by atoms with Crippen LogP contribution < -0.4 is 5.43 Å². The average Bonchev–Trinajstić information content (AvgIpc) is 2.49. The molecule has 0 saturated heterocycles. The first kappa shape index (κ1) is 13.7. The summed E-state index contributed by atoms with van der Waals surface area (Å²) in [4.78, 5) is 12.8. The lowest BCUT2D eigenvalue weighted by molar-refractivity contribution is -0.116. The smallest absolute Gasteiger partial charge is 0.193 e. The fraction of sp³-hybridized carbons (Fsp3) is 0. The van der Waals surface area contributed by atoms with Crippen molar-refractivity contribution in [3.05, 3.63) is 58.8 Å². The minimum absolute atomic E-state index is 0.146. The standard InChI is InChI=1S/C15H10O5S/c16-10-3-1-9(2-4-10)15-8-13(17)12-7-11(21-20-18)5-6-14(12)19-15/h1-8,16,18H. The summed E-state index contributed by atoms with van der Waals surface area (Å²) in [5.41, 5.74) is 0.941. The van der Waals surface area contributed by atoms with Crippen molar-refractivity contribution in [2.45, 2.75) is 4.90 Å². The maximum absolute atomic E-state index is 12.2. The van der Waals surface area contributed by atoms with E-state index in [1.807, 2.05) is 0 Å². The Hall–Kier alpha value is -2.28. The average molecular weight is 302 g/mol. The lowest BCUT2D eigenvalue weighted by Gasteiger charge is -2.04. The number of aromatic hydroxyl groups is 1. The third-order valence-corrected chi connectivity index (χ3v) is 3.50. The summed E-state index contributed by atoms with van der Waals surface area (Å²) < 4.78 is 9.69. The second-order valence-electron chi connectivity index (χ2n) is 4.34. The first-order valence-electron chi connectivity index (χ1n) is 6.03. The van der Waals surface area contributed by atoms with Crippen LogP contribution in [0.2, 0.25) is 0 Å². The van der Waals surface area contributed by atoms with Crippen molar-refractivity contribution in [2.24, 2.45) is 0 Å². The van der Waals surface area contributed by atoms with Gasteiger partial charge in [0.1, 0.15) is 17.1 Å². The molecule has 0 atom stereocenters. The molecule has 5 nitrogen and oxygen atoms in total. The summed E-state index contributed by atoms with van der Waals surface area (Å²) in [6.45, 7) is 0. The fourth-order valence-electron chi connectivity index (χ4n) is 2.00. The van der Waals surface area contributed by atoms with Crippen LogP contribution in [0, 0.1) is 0 Å². The lowest BCUT2D eigenvalue weighted by atomic mass is 10.1. The van der Waals surface area contributed by atoms with Gasteiger partial charge in [-0.1, -0.05) is 0 Å². The third kappa shape index (κ3) is 2.78. The Morgan fingerprint density at radius 3 is 2.52 bits per heavy atom. The van der Waals surface area contributed by atoms with Crippen LogP contribution in [0.3, 0.4) is 0 Å². The molecule has 3 aromatic rings. The third-order valence-electron chi connectivity index (χ3n) is 2.98. The van der Waals surface area contributed by atoms with E-state index in [1.165, 1.54) is 18.2 Å². The molecule has 6 heteroatoms. The summed E-state index contributed by atoms with van der Waals surface area (Å²) in [5.74, 6) is 0.568. The van der Waals surface area contributed by atoms with Gasteiger partial charge in [0, 0.05) is 16.5 Å². The highest BCUT2D eigenvalue weighted by atomic mass is 32.2. The lowest BCUT2D eigenvalue weighted by Crippen LogP contribution is -2.00.